The monoisotopic (exact) mass is 274 g/mol. The molecule has 1 N–H and O–H groups in total. The zero-order chi connectivity index (χ0) is 13.8. The lowest BCUT2D eigenvalue weighted by Gasteiger charge is -2.15. The summed E-state index contributed by atoms with van der Waals surface area (Å²) in [7, 11) is 0. The fourth-order valence-corrected chi connectivity index (χ4v) is 3.85. The van der Waals surface area contributed by atoms with Crippen molar-refractivity contribution in [2.24, 2.45) is 10.8 Å². The lowest BCUT2D eigenvalue weighted by atomic mass is 10.0. The number of nitrogens with zero attached hydrogens (tertiary/aromatic N) is 1. The van der Waals surface area contributed by atoms with Crippen molar-refractivity contribution in [1.29, 1.82) is 0 Å². The highest BCUT2D eigenvalue weighted by Gasteiger charge is 2.64. The fraction of sp³-hybridized carbons (Fsp3) is 0.562. The molecule has 0 radical (unpaired) electrons. The van der Waals surface area contributed by atoms with Gasteiger partial charge in [-0.05, 0) is 40.8 Å². The van der Waals surface area contributed by atoms with Gasteiger partial charge >= 0.3 is 0 Å². The van der Waals surface area contributed by atoms with Crippen LogP contribution in [0.3, 0.4) is 0 Å². The van der Waals surface area contributed by atoms with Crippen LogP contribution in [-0.4, -0.2) is 11.0 Å². The van der Waals surface area contributed by atoms with E-state index >= 15 is 0 Å². The van der Waals surface area contributed by atoms with Crippen LogP contribution < -0.4 is 5.32 Å². The summed E-state index contributed by atoms with van der Waals surface area (Å²) in [6.45, 7) is 11.6. The number of hydrogen-bond acceptors (Lipinski definition) is 3. The van der Waals surface area contributed by atoms with Crippen molar-refractivity contribution >= 4 is 21.6 Å². The summed E-state index contributed by atoms with van der Waals surface area (Å²) < 4.78 is 1.28. The molecular weight excluding hydrogens is 252 g/mol. The van der Waals surface area contributed by atoms with Gasteiger partial charge in [0.15, 0.2) is 0 Å². The molecule has 1 atom stereocenters. The summed E-state index contributed by atoms with van der Waals surface area (Å²) in [5.41, 5.74) is 3.14. The van der Waals surface area contributed by atoms with Crippen LogP contribution in [0.4, 0.5) is 0 Å². The highest BCUT2D eigenvalue weighted by Crippen LogP contribution is 2.63. The van der Waals surface area contributed by atoms with E-state index in [1.807, 2.05) is 6.20 Å². The van der Waals surface area contributed by atoms with Gasteiger partial charge in [-0.3, -0.25) is 4.98 Å². The van der Waals surface area contributed by atoms with Crippen LogP contribution in [0.15, 0.2) is 23.7 Å². The Labute approximate surface area is 119 Å². The summed E-state index contributed by atoms with van der Waals surface area (Å²) in [6.07, 6.45) is 2.01. The van der Waals surface area contributed by atoms with Crippen molar-refractivity contribution < 1.29 is 0 Å². The highest BCUT2D eigenvalue weighted by atomic mass is 32.1. The molecule has 1 unspecified atom stereocenters. The minimum absolute atomic E-state index is 0.352. The number of thiophene rings is 1. The molecule has 2 heterocycles. The molecule has 1 saturated carbocycles. The molecule has 2 nitrogen and oxygen atoms in total. The van der Waals surface area contributed by atoms with Gasteiger partial charge in [0.1, 0.15) is 0 Å². The summed E-state index contributed by atoms with van der Waals surface area (Å²) >= 11 is 1.76. The second-order valence-corrected chi connectivity index (χ2v) is 7.79. The maximum absolute atomic E-state index is 4.53. The van der Waals surface area contributed by atoms with E-state index in [0.717, 1.165) is 5.52 Å². The number of rotatable bonds is 3. The summed E-state index contributed by atoms with van der Waals surface area (Å²) in [6, 6.07) is 5.28. The molecule has 102 valence electrons. The molecular formula is C16H22N2S. The van der Waals surface area contributed by atoms with Crippen molar-refractivity contribution in [3.63, 3.8) is 0 Å². The third-order valence-corrected chi connectivity index (χ3v) is 6.11. The maximum atomic E-state index is 4.53. The van der Waals surface area contributed by atoms with Crippen LogP contribution in [0.1, 0.15) is 46.2 Å². The predicted octanol–water partition coefficient (Wildman–Crippen LogP) is 4.38. The van der Waals surface area contributed by atoms with Crippen molar-refractivity contribution in [1.82, 2.24) is 10.3 Å². The molecule has 0 amide bonds. The van der Waals surface area contributed by atoms with Crippen molar-refractivity contribution in [3.05, 3.63) is 29.3 Å². The third kappa shape index (κ3) is 1.91. The molecule has 2 aromatic heterocycles. The van der Waals surface area contributed by atoms with E-state index in [1.54, 1.807) is 11.3 Å². The van der Waals surface area contributed by atoms with Gasteiger partial charge < -0.3 is 5.32 Å². The first kappa shape index (κ1) is 13.1. The molecule has 3 heteroatoms. The van der Waals surface area contributed by atoms with E-state index < -0.39 is 0 Å². The SMILES string of the molecule is CC(NC1C(C)(C)C1(C)C)c1cnc2ccsc2c1. The van der Waals surface area contributed by atoms with E-state index in [4.69, 9.17) is 0 Å². The standard InChI is InChI=1S/C16H22N2S/c1-10(18-14-15(2,3)16(14,4)5)11-8-13-12(17-9-11)6-7-19-13/h6-10,14,18H,1-5H3. The van der Waals surface area contributed by atoms with Gasteiger partial charge in [-0.1, -0.05) is 27.7 Å². The number of aromatic nitrogens is 1. The Balaban J connectivity index is 1.79. The number of hydrogen-bond donors (Lipinski definition) is 1. The van der Waals surface area contributed by atoms with Gasteiger partial charge in [0.2, 0.25) is 0 Å². The van der Waals surface area contributed by atoms with Crippen LogP contribution in [0.2, 0.25) is 0 Å². The number of nitrogens with one attached hydrogen (secondary N) is 1. The quantitative estimate of drug-likeness (QED) is 0.898. The zero-order valence-electron chi connectivity index (χ0n) is 12.3. The number of pyridine rings is 1. The molecule has 2 aromatic rings. The van der Waals surface area contributed by atoms with Gasteiger partial charge in [-0.15, -0.1) is 11.3 Å². The largest absolute Gasteiger partial charge is 0.306 e. The maximum Gasteiger partial charge on any atom is 0.0809 e. The van der Waals surface area contributed by atoms with E-state index in [1.165, 1.54) is 10.3 Å². The van der Waals surface area contributed by atoms with E-state index in [9.17, 15) is 0 Å². The Hall–Kier alpha value is -0.930. The van der Waals surface area contributed by atoms with E-state index in [-0.39, 0.29) is 0 Å². The Kier molecular flexibility index (Phi) is 2.77. The molecule has 0 bridgehead atoms. The first-order valence-corrected chi connectivity index (χ1v) is 7.81. The summed E-state index contributed by atoms with van der Waals surface area (Å²) in [5.74, 6) is 0. The van der Waals surface area contributed by atoms with Crippen LogP contribution in [0, 0.1) is 10.8 Å². The topological polar surface area (TPSA) is 24.9 Å². The van der Waals surface area contributed by atoms with Crippen molar-refractivity contribution in [2.45, 2.75) is 46.7 Å². The molecule has 1 fully saturated rings. The molecule has 0 aromatic carbocycles. The van der Waals surface area contributed by atoms with Crippen LogP contribution in [0.25, 0.3) is 10.2 Å². The molecule has 0 aliphatic heterocycles. The molecule has 1 aliphatic rings. The molecule has 0 saturated heterocycles. The minimum atomic E-state index is 0.352. The first-order chi connectivity index (χ1) is 8.84. The van der Waals surface area contributed by atoms with Crippen molar-refractivity contribution in [3.8, 4) is 0 Å². The summed E-state index contributed by atoms with van der Waals surface area (Å²) in [5, 5.41) is 5.88. The van der Waals surface area contributed by atoms with Crippen LogP contribution >= 0.6 is 11.3 Å². The minimum Gasteiger partial charge on any atom is -0.306 e. The van der Waals surface area contributed by atoms with Crippen LogP contribution in [0.5, 0.6) is 0 Å². The molecule has 19 heavy (non-hydrogen) atoms. The van der Waals surface area contributed by atoms with Crippen molar-refractivity contribution in [2.75, 3.05) is 0 Å². The second-order valence-electron chi connectivity index (χ2n) is 6.84. The van der Waals surface area contributed by atoms with Gasteiger partial charge in [0.25, 0.3) is 0 Å². The van der Waals surface area contributed by atoms with Gasteiger partial charge in [-0.2, -0.15) is 0 Å². The van der Waals surface area contributed by atoms with Gasteiger partial charge in [-0.25, -0.2) is 0 Å². The lowest BCUT2D eigenvalue weighted by Crippen LogP contribution is -2.25. The molecule has 1 aliphatic carbocycles. The Morgan fingerprint density at radius 2 is 1.95 bits per heavy atom. The smallest absolute Gasteiger partial charge is 0.0809 e. The second kappa shape index (κ2) is 4.03. The molecule has 3 rings (SSSR count). The summed E-state index contributed by atoms with van der Waals surface area (Å²) in [4.78, 5) is 4.53. The predicted molar refractivity (Wildman–Crippen MR) is 82.5 cm³/mol. The van der Waals surface area contributed by atoms with E-state index in [0.29, 0.717) is 22.9 Å². The Morgan fingerprint density at radius 3 is 2.58 bits per heavy atom. The lowest BCUT2D eigenvalue weighted by molar-refractivity contribution is 0.457. The first-order valence-electron chi connectivity index (χ1n) is 6.93. The fourth-order valence-electron chi connectivity index (χ4n) is 3.06. The Bertz CT molecular complexity index is 598. The Morgan fingerprint density at radius 1 is 1.26 bits per heavy atom. The molecule has 0 spiro atoms. The van der Waals surface area contributed by atoms with Gasteiger partial charge in [0.05, 0.1) is 10.2 Å². The average molecular weight is 274 g/mol. The number of fused-ring (bicyclic) bond motifs is 1. The van der Waals surface area contributed by atoms with E-state index in [2.05, 4.69) is 62.4 Å². The highest BCUT2D eigenvalue weighted by molar-refractivity contribution is 7.17. The van der Waals surface area contributed by atoms with Crippen LogP contribution in [-0.2, 0) is 0 Å². The normalized spacial score (nSPS) is 22.6. The zero-order valence-corrected chi connectivity index (χ0v) is 13.1. The van der Waals surface area contributed by atoms with Gasteiger partial charge in [0, 0.05) is 18.3 Å². The average Bonchev–Trinajstić information content (AvgIpc) is 2.76. The third-order valence-electron chi connectivity index (χ3n) is 5.26.